The predicted molar refractivity (Wildman–Crippen MR) is 148 cm³/mol. The van der Waals surface area contributed by atoms with Crippen LogP contribution in [0.1, 0.15) is 24.1 Å². The van der Waals surface area contributed by atoms with Gasteiger partial charge in [-0.25, -0.2) is 9.37 Å². The van der Waals surface area contributed by atoms with Gasteiger partial charge in [0.1, 0.15) is 29.1 Å². The standard InChI is InChI=1S/C31H23FN4O3/c1-18-13-22(19(2)36-25-10-6-12-34-28(25)21-8-3-4-9-24(21)32)31-23(14-18)29(37)27(26-16-38-17-35-26)30(39-31)20-7-5-11-33-15-20/h3-17,19,36H,1-2H3/t19-/m1/s1. The second-order valence-corrected chi connectivity index (χ2v) is 9.23. The molecule has 0 spiro atoms. The summed E-state index contributed by atoms with van der Waals surface area (Å²) in [4.78, 5) is 26.8. The Labute approximate surface area is 223 Å². The van der Waals surface area contributed by atoms with Crippen molar-refractivity contribution in [2.45, 2.75) is 19.9 Å². The maximum absolute atomic E-state index is 14.6. The summed E-state index contributed by atoms with van der Waals surface area (Å²) in [6, 6.07) is 17.2. The summed E-state index contributed by atoms with van der Waals surface area (Å²) in [6.07, 6.45) is 7.62. The van der Waals surface area contributed by atoms with Gasteiger partial charge in [-0.15, -0.1) is 0 Å². The van der Waals surface area contributed by atoms with Crippen molar-refractivity contribution in [3.8, 4) is 33.8 Å². The molecule has 7 nitrogen and oxygen atoms in total. The summed E-state index contributed by atoms with van der Waals surface area (Å²) < 4.78 is 26.4. The van der Waals surface area contributed by atoms with Crippen LogP contribution < -0.4 is 10.7 Å². The van der Waals surface area contributed by atoms with Gasteiger partial charge in [0.15, 0.2) is 6.39 Å². The molecule has 4 heterocycles. The number of benzene rings is 2. The molecule has 0 unspecified atom stereocenters. The first kappa shape index (κ1) is 24.2. The van der Waals surface area contributed by atoms with E-state index in [9.17, 15) is 9.18 Å². The quantitative estimate of drug-likeness (QED) is 0.249. The van der Waals surface area contributed by atoms with Gasteiger partial charge in [0.05, 0.1) is 28.4 Å². The lowest BCUT2D eigenvalue weighted by atomic mass is 9.97. The highest BCUT2D eigenvalue weighted by atomic mass is 19.1. The van der Waals surface area contributed by atoms with Crippen molar-refractivity contribution < 1.29 is 13.2 Å². The van der Waals surface area contributed by atoms with Crippen LogP contribution in [0.3, 0.4) is 0 Å². The number of nitrogens with zero attached hydrogens (tertiary/aromatic N) is 3. The van der Waals surface area contributed by atoms with Gasteiger partial charge in [0.25, 0.3) is 0 Å². The molecule has 192 valence electrons. The van der Waals surface area contributed by atoms with Gasteiger partial charge in [0, 0.05) is 35.3 Å². The Morgan fingerprint density at radius 1 is 1.00 bits per heavy atom. The maximum atomic E-state index is 14.6. The first-order valence-electron chi connectivity index (χ1n) is 12.4. The first-order valence-corrected chi connectivity index (χ1v) is 12.4. The summed E-state index contributed by atoms with van der Waals surface area (Å²) in [5.41, 5.74) is 4.72. The lowest BCUT2D eigenvalue weighted by molar-refractivity contribution is 0.558. The van der Waals surface area contributed by atoms with Crippen LogP contribution in [-0.2, 0) is 0 Å². The smallest absolute Gasteiger partial charge is 0.202 e. The Hall–Kier alpha value is -5.11. The van der Waals surface area contributed by atoms with Gasteiger partial charge in [0.2, 0.25) is 5.43 Å². The van der Waals surface area contributed by atoms with Crippen LogP contribution >= 0.6 is 0 Å². The number of anilines is 1. The SMILES string of the molecule is Cc1cc([C@@H](C)Nc2cccnc2-c2ccccc2F)c2oc(-c3cccnc3)c(-c3cocn3)c(=O)c2c1. The minimum absolute atomic E-state index is 0.227. The van der Waals surface area contributed by atoms with E-state index in [0.717, 1.165) is 11.1 Å². The summed E-state index contributed by atoms with van der Waals surface area (Å²) in [5, 5.41) is 3.88. The minimum Gasteiger partial charge on any atom is -0.455 e. The Morgan fingerprint density at radius 3 is 2.62 bits per heavy atom. The van der Waals surface area contributed by atoms with Gasteiger partial charge in [-0.3, -0.25) is 14.8 Å². The number of pyridine rings is 2. The lowest BCUT2D eigenvalue weighted by Crippen LogP contribution is -2.13. The van der Waals surface area contributed by atoms with E-state index in [2.05, 4.69) is 20.3 Å². The Morgan fingerprint density at radius 2 is 1.85 bits per heavy atom. The topological polar surface area (TPSA) is 94.1 Å². The lowest BCUT2D eigenvalue weighted by Gasteiger charge is -2.20. The fraction of sp³-hybridized carbons (Fsp3) is 0.0968. The molecule has 6 rings (SSSR count). The van der Waals surface area contributed by atoms with E-state index in [4.69, 9.17) is 8.83 Å². The molecule has 4 aromatic heterocycles. The van der Waals surface area contributed by atoms with Crippen LogP contribution in [0.15, 0.2) is 106 Å². The third kappa shape index (κ3) is 4.46. The summed E-state index contributed by atoms with van der Waals surface area (Å²) in [5.74, 6) is -0.0133. The average molecular weight is 519 g/mol. The largest absolute Gasteiger partial charge is 0.455 e. The monoisotopic (exact) mass is 518 g/mol. The highest BCUT2D eigenvalue weighted by Gasteiger charge is 2.24. The fourth-order valence-corrected chi connectivity index (χ4v) is 4.77. The molecule has 39 heavy (non-hydrogen) atoms. The second-order valence-electron chi connectivity index (χ2n) is 9.23. The molecule has 0 saturated heterocycles. The van der Waals surface area contributed by atoms with Gasteiger partial charge < -0.3 is 14.2 Å². The van der Waals surface area contributed by atoms with E-state index in [1.54, 1.807) is 48.9 Å². The molecule has 0 aliphatic heterocycles. The molecular formula is C31H23FN4O3. The molecule has 0 aliphatic rings. The van der Waals surface area contributed by atoms with Crippen LogP contribution in [0.25, 0.3) is 44.8 Å². The van der Waals surface area contributed by atoms with Gasteiger partial charge in [-0.2, -0.15) is 0 Å². The van der Waals surface area contributed by atoms with Crippen LogP contribution in [0.2, 0.25) is 0 Å². The van der Waals surface area contributed by atoms with Crippen LogP contribution in [0.5, 0.6) is 0 Å². The first-order chi connectivity index (χ1) is 19.0. The predicted octanol–water partition coefficient (Wildman–Crippen LogP) is 7.19. The van der Waals surface area contributed by atoms with Crippen molar-refractivity contribution in [3.05, 3.63) is 119 Å². The van der Waals surface area contributed by atoms with E-state index < -0.39 is 0 Å². The average Bonchev–Trinajstić information content (AvgIpc) is 3.49. The number of nitrogens with one attached hydrogen (secondary N) is 1. The number of oxazole rings is 1. The zero-order chi connectivity index (χ0) is 26.9. The van der Waals surface area contributed by atoms with Crippen molar-refractivity contribution in [3.63, 3.8) is 0 Å². The highest BCUT2D eigenvalue weighted by molar-refractivity contribution is 5.90. The molecule has 0 bridgehead atoms. The number of hydrogen-bond acceptors (Lipinski definition) is 7. The van der Waals surface area contributed by atoms with Crippen LogP contribution in [0, 0.1) is 12.7 Å². The summed E-state index contributed by atoms with van der Waals surface area (Å²) >= 11 is 0. The fourth-order valence-electron chi connectivity index (χ4n) is 4.77. The second kappa shape index (κ2) is 9.98. The molecule has 6 aromatic rings. The number of rotatable bonds is 6. The molecule has 0 aliphatic carbocycles. The van der Waals surface area contributed by atoms with Crippen molar-refractivity contribution in [1.29, 1.82) is 0 Å². The van der Waals surface area contributed by atoms with Crippen LogP contribution in [0.4, 0.5) is 10.1 Å². The maximum Gasteiger partial charge on any atom is 0.202 e. The van der Waals surface area contributed by atoms with Crippen molar-refractivity contribution >= 4 is 16.7 Å². The zero-order valence-corrected chi connectivity index (χ0v) is 21.2. The van der Waals surface area contributed by atoms with Crippen molar-refractivity contribution in [2.24, 2.45) is 0 Å². The number of fused-ring (bicyclic) bond motifs is 1. The summed E-state index contributed by atoms with van der Waals surface area (Å²) in [6.45, 7) is 3.89. The van der Waals surface area contributed by atoms with Gasteiger partial charge >= 0.3 is 0 Å². The Balaban J connectivity index is 1.53. The minimum atomic E-state index is -0.361. The number of aromatic nitrogens is 3. The number of aryl methyl sites for hydroxylation is 1. The van der Waals surface area contributed by atoms with E-state index in [1.807, 2.05) is 38.1 Å². The van der Waals surface area contributed by atoms with E-state index in [1.165, 1.54) is 18.7 Å². The normalized spacial score (nSPS) is 12.0. The zero-order valence-electron chi connectivity index (χ0n) is 21.2. The van der Waals surface area contributed by atoms with Gasteiger partial charge in [-0.05, 0) is 61.9 Å². The van der Waals surface area contributed by atoms with E-state index in [-0.39, 0.29) is 17.3 Å². The van der Waals surface area contributed by atoms with Crippen LogP contribution in [-0.4, -0.2) is 15.0 Å². The van der Waals surface area contributed by atoms with E-state index >= 15 is 0 Å². The molecule has 0 saturated carbocycles. The third-order valence-corrected chi connectivity index (χ3v) is 6.55. The molecule has 2 aromatic carbocycles. The highest BCUT2D eigenvalue weighted by Crippen LogP contribution is 2.36. The van der Waals surface area contributed by atoms with Crippen molar-refractivity contribution in [2.75, 3.05) is 5.32 Å². The molecule has 1 N–H and O–H groups in total. The van der Waals surface area contributed by atoms with Gasteiger partial charge in [-0.1, -0.05) is 18.2 Å². The number of halogens is 1. The molecule has 0 fully saturated rings. The summed E-state index contributed by atoms with van der Waals surface area (Å²) in [7, 11) is 0. The molecule has 8 heteroatoms. The van der Waals surface area contributed by atoms with Crippen molar-refractivity contribution in [1.82, 2.24) is 15.0 Å². The molecule has 0 radical (unpaired) electrons. The molecule has 0 amide bonds. The Kier molecular flexibility index (Phi) is 6.20. The molecular weight excluding hydrogens is 495 g/mol. The third-order valence-electron chi connectivity index (χ3n) is 6.55. The number of hydrogen-bond donors (Lipinski definition) is 1. The molecule has 1 atom stereocenters. The Bertz CT molecular complexity index is 1850. The van der Waals surface area contributed by atoms with E-state index in [0.29, 0.717) is 50.5 Å².